The molecule has 2 aliphatic rings. The summed E-state index contributed by atoms with van der Waals surface area (Å²) >= 11 is 5.99. The van der Waals surface area contributed by atoms with Crippen LogP contribution < -0.4 is 0 Å². The number of hydrogen-bond donors (Lipinski definition) is 0. The lowest BCUT2D eigenvalue weighted by molar-refractivity contribution is 0.131. The Labute approximate surface area is 106 Å². The summed E-state index contributed by atoms with van der Waals surface area (Å²) in [5, 5.41) is 0. The van der Waals surface area contributed by atoms with Crippen LogP contribution in [-0.2, 0) is 0 Å². The Bertz CT molecular complexity index is 181. The Morgan fingerprint density at radius 1 is 0.750 bits per heavy atom. The van der Waals surface area contributed by atoms with Gasteiger partial charge in [-0.1, -0.05) is 38.5 Å². The van der Waals surface area contributed by atoms with Gasteiger partial charge in [0.05, 0.1) is 0 Å². The maximum absolute atomic E-state index is 5.99. The van der Waals surface area contributed by atoms with Crippen molar-refractivity contribution in [3.05, 3.63) is 0 Å². The van der Waals surface area contributed by atoms with Crippen LogP contribution in [0.1, 0.15) is 64.2 Å². The highest BCUT2D eigenvalue weighted by Gasteiger charge is 2.28. The number of halogens is 1. The largest absolute Gasteiger partial charge is 0.296 e. The molecule has 0 amide bonds. The van der Waals surface area contributed by atoms with Gasteiger partial charge in [0.15, 0.2) is 0 Å². The van der Waals surface area contributed by atoms with Crippen molar-refractivity contribution >= 4 is 11.6 Å². The van der Waals surface area contributed by atoms with Crippen LogP contribution in [0.5, 0.6) is 0 Å². The van der Waals surface area contributed by atoms with Crippen molar-refractivity contribution in [1.29, 1.82) is 0 Å². The molecule has 0 heterocycles. The summed E-state index contributed by atoms with van der Waals surface area (Å²) < 4.78 is 0. The third kappa shape index (κ3) is 3.37. The van der Waals surface area contributed by atoms with E-state index in [1.54, 1.807) is 0 Å². The lowest BCUT2D eigenvalue weighted by Gasteiger charge is -2.35. The molecule has 94 valence electrons. The van der Waals surface area contributed by atoms with Gasteiger partial charge in [-0.2, -0.15) is 0 Å². The Morgan fingerprint density at radius 3 is 1.62 bits per heavy atom. The molecule has 1 nitrogen and oxygen atoms in total. The zero-order valence-corrected chi connectivity index (χ0v) is 11.2. The van der Waals surface area contributed by atoms with E-state index < -0.39 is 0 Å². The van der Waals surface area contributed by atoms with Gasteiger partial charge in [0.1, 0.15) is 0 Å². The molecule has 0 radical (unpaired) electrons. The molecule has 0 unspecified atom stereocenters. The number of alkyl halides is 1. The number of nitrogens with zero attached hydrogens (tertiary/aromatic N) is 1. The van der Waals surface area contributed by atoms with Gasteiger partial charge in [0.2, 0.25) is 0 Å². The molecule has 0 aromatic rings. The van der Waals surface area contributed by atoms with Crippen LogP contribution in [0, 0.1) is 0 Å². The SMILES string of the molecule is ClCCN(C1CCCCCC1)C1CCCC1. The van der Waals surface area contributed by atoms with Crippen LogP contribution in [0.15, 0.2) is 0 Å². The van der Waals surface area contributed by atoms with E-state index in [1.807, 2.05) is 0 Å². The third-order valence-electron chi connectivity index (χ3n) is 4.43. The van der Waals surface area contributed by atoms with Crippen molar-refractivity contribution in [3.63, 3.8) is 0 Å². The summed E-state index contributed by atoms with van der Waals surface area (Å²) in [6.45, 7) is 1.12. The van der Waals surface area contributed by atoms with Crippen molar-refractivity contribution < 1.29 is 0 Å². The smallest absolute Gasteiger partial charge is 0.0351 e. The molecule has 16 heavy (non-hydrogen) atoms. The topological polar surface area (TPSA) is 3.24 Å². The highest BCUT2D eigenvalue weighted by atomic mass is 35.5. The van der Waals surface area contributed by atoms with Crippen molar-refractivity contribution in [3.8, 4) is 0 Å². The summed E-state index contributed by atoms with van der Waals surface area (Å²) in [6, 6.07) is 1.71. The number of rotatable bonds is 4. The maximum atomic E-state index is 5.99. The van der Waals surface area contributed by atoms with E-state index in [4.69, 9.17) is 11.6 Å². The monoisotopic (exact) mass is 243 g/mol. The Balaban J connectivity index is 1.92. The summed E-state index contributed by atoms with van der Waals surface area (Å²) in [4.78, 5) is 2.77. The normalized spacial score (nSPS) is 25.1. The molecule has 0 bridgehead atoms. The number of hydrogen-bond acceptors (Lipinski definition) is 1. The van der Waals surface area contributed by atoms with Gasteiger partial charge in [-0.3, -0.25) is 4.90 Å². The summed E-state index contributed by atoms with van der Waals surface area (Å²) in [6.07, 6.45) is 14.4. The molecule has 2 aliphatic carbocycles. The first-order valence-corrected chi connectivity index (χ1v) is 7.77. The molecular formula is C14H26ClN. The molecule has 0 atom stereocenters. The van der Waals surface area contributed by atoms with Crippen LogP contribution in [-0.4, -0.2) is 29.4 Å². The molecular weight excluding hydrogens is 218 g/mol. The molecule has 2 fully saturated rings. The lowest BCUT2D eigenvalue weighted by atomic mass is 10.0. The van der Waals surface area contributed by atoms with E-state index in [0.29, 0.717) is 0 Å². The third-order valence-corrected chi connectivity index (χ3v) is 4.60. The van der Waals surface area contributed by atoms with Crippen molar-refractivity contribution in [2.75, 3.05) is 12.4 Å². The molecule has 0 saturated heterocycles. The minimum atomic E-state index is 0.812. The van der Waals surface area contributed by atoms with Gasteiger partial charge in [-0.05, 0) is 25.7 Å². The van der Waals surface area contributed by atoms with Crippen molar-refractivity contribution in [2.24, 2.45) is 0 Å². The zero-order valence-electron chi connectivity index (χ0n) is 10.5. The van der Waals surface area contributed by atoms with E-state index in [9.17, 15) is 0 Å². The second-order valence-electron chi connectivity index (χ2n) is 5.51. The van der Waals surface area contributed by atoms with Gasteiger partial charge in [0, 0.05) is 24.5 Å². The first-order chi connectivity index (χ1) is 7.92. The summed E-state index contributed by atoms with van der Waals surface area (Å²) in [5.74, 6) is 0.812. The van der Waals surface area contributed by atoms with Crippen LogP contribution >= 0.6 is 11.6 Å². The molecule has 2 rings (SSSR count). The van der Waals surface area contributed by atoms with Gasteiger partial charge in [-0.25, -0.2) is 0 Å². The van der Waals surface area contributed by atoms with Crippen molar-refractivity contribution in [2.45, 2.75) is 76.3 Å². The molecule has 0 aromatic carbocycles. The van der Waals surface area contributed by atoms with E-state index in [0.717, 1.165) is 24.5 Å². The second-order valence-corrected chi connectivity index (χ2v) is 5.89. The highest BCUT2D eigenvalue weighted by Crippen LogP contribution is 2.30. The van der Waals surface area contributed by atoms with Crippen LogP contribution in [0.4, 0.5) is 0 Å². The standard InChI is InChI=1S/C14H26ClN/c15-11-12-16(14-9-5-6-10-14)13-7-3-1-2-4-8-13/h13-14H,1-12H2. The van der Waals surface area contributed by atoms with E-state index in [1.165, 1.54) is 64.2 Å². The predicted molar refractivity (Wildman–Crippen MR) is 71.2 cm³/mol. The van der Waals surface area contributed by atoms with E-state index in [-0.39, 0.29) is 0 Å². The molecule has 0 N–H and O–H groups in total. The van der Waals surface area contributed by atoms with Crippen LogP contribution in [0.3, 0.4) is 0 Å². The molecule has 0 aliphatic heterocycles. The summed E-state index contributed by atoms with van der Waals surface area (Å²) in [7, 11) is 0. The molecule has 0 spiro atoms. The fourth-order valence-electron chi connectivity index (χ4n) is 3.59. The van der Waals surface area contributed by atoms with Gasteiger partial charge < -0.3 is 0 Å². The van der Waals surface area contributed by atoms with Crippen LogP contribution in [0.25, 0.3) is 0 Å². The molecule has 2 saturated carbocycles. The van der Waals surface area contributed by atoms with Crippen LogP contribution in [0.2, 0.25) is 0 Å². The fourth-order valence-corrected chi connectivity index (χ4v) is 3.78. The zero-order chi connectivity index (χ0) is 11.2. The van der Waals surface area contributed by atoms with Gasteiger partial charge in [-0.15, -0.1) is 11.6 Å². The van der Waals surface area contributed by atoms with Gasteiger partial charge in [0.25, 0.3) is 0 Å². The minimum absolute atomic E-state index is 0.812. The van der Waals surface area contributed by atoms with E-state index in [2.05, 4.69) is 4.90 Å². The summed E-state index contributed by atoms with van der Waals surface area (Å²) in [5.41, 5.74) is 0. The highest BCUT2D eigenvalue weighted by molar-refractivity contribution is 6.18. The molecule has 0 aromatic heterocycles. The first-order valence-electron chi connectivity index (χ1n) is 7.23. The quantitative estimate of drug-likeness (QED) is 0.529. The average Bonchev–Trinajstić information content (AvgIpc) is 2.69. The molecule has 2 heteroatoms. The minimum Gasteiger partial charge on any atom is -0.296 e. The predicted octanol–water partition coefficient (Wildman–Crippen LogP) is 4.19. The van der Waals surface area contributed by atoms with Crippen molar-refractivity contribution in [1.82, 2.24) is 4.90 Å². The lowest BCUT2D eigenvalue weighted by Crippen LogP contribution is -2.43. The van der Waals surface area contributed by atoms with Gasteiger partial charge >= 0.3 is 0 Å². The Kier molecular flexibility index (Phi) is 5.44. The Morgan fingerprint density at radius 2 is 1.19 bits per heavy atom. The van der Waals surface area contributed by atoms with E-state index >= 15 is 0 Å². The fraction of sp³-hybridized carbons (Fsp3) is 1.00. The second kappa shape index (κ2) is 6.86. The first kappa shape index (κ1) is 12.7. The maximum Gasteiger partial charge on any atom is 0.0351 e. The Hall–Kier alpha value is 0.250. The average molecular weight is 244 g/mol.